The van der Waals surface area contributed by atoms with Gasteiger partial charge < -0.3 is 11.1 Å². The Morgan fingerprint density at radius 2 is 2.08 bits per heavy atom. The number of aromatic nitrogens is 4. The first kappa shape index (κ1) is 16.0. The van der Waals surface area contributed by atoms with Gasteiger partial charge in [-0.1, -0.05) is 6.07 Å². The van der Waals surface area contributed by atoms with Crippen molar-refractivity contribution in [2.75, 3.05) is 11.1 Å². The molecular weight excluding hydrogens is 331 g/mol. The second kappa shape index (κ2) is 6.44. The van der Waals surface area contributed by atoms with Crippen molar-refractivity contribution in [2.45, 2.75) is 6.54 Å². The summed E-state index contributed by atoms with van der Waals surface area (Å²) in [5.74, 6) is 0.224. The van der Waals surface area contributed by atoms with Gasteiger partial charge in [-0.25, -0.2) is 9.37 Å². The number of anilines is 2. The van der Waals surface area contributed by atoms with E-state index in [1.807, 2.05) is 19.3 Å². The van der Waals surface area contributed by atoms with Crippen LogP contribution in [0.1, 0.15) is 5.56 Å². The first-order valence-electron chi connectivity index (χ1n) is 8.13. The molecule has 6 nitrogen and oxygen atoms in total. The van der Waals surface area contributed by atoms with Gasteiger partial charge in [0.2, 0.25) is 0 Å². The van der Waals surface area contributed by atoms with Gasteiger partial charge >= 0.3 is 0 Å². The van der Waals surface area contributed by atoms with E-state index in [0.717, 1.165) is 11.3 Å². The smallest absolute Gasteiger partial charge is 0.150 e. The molecule has 130 valence electrons. The van der Waals surface area contributed by atoms with Crippen LogP contribution in [-0.2, 0) is 13.6 Å². The minimum atomic E-state index is -0.287. The Hall–Kier alpha value is -3.48. The fourth-order valence-corrected chi connectivity index (χ4v) is 2.80. The molecule has 0 bridgehead atoms. The third kappa shape index (κ3) is 2.95. The van der Waals surface area contributed by atoms with E-state index >= 15 is 0 Å². The molecule has 0 aliphatic carbocycles. The van der Waals surface area contributed by atoms with E-state index in [1.165, 1.54) is 0 Å². The lowest BCUT2D eigenvalue weighted by atomic mass is 10.1. The predicted octanol–water partition coefficient (Wildman–Crippen LogP) is 3.36. The average Bonchev–Trinajstić information content (AvgIpc) is 3.09. The lowest BCUT2D eigenvalue weighted by Crippen LogP contribution is -2.07. The van der Waals surface area contributed by atoms with Gasteiger partial charge in [-0.05, 0) is 30.3 Å². The van der Waals surface area contributed by atoms with Gasteiger partial charge in [0.25, 0.3) is 0 Å². The molecule has 0 fully saturated rings. The molecule has 26 heavy (non-hydrogen) atoms. The summed E-state index contributed by atoms with van der Waals surface area (Å²) in [6.45, 7) is 0.268. The molecule has 3 heterocycles. The quantitative estimate of drug-likeness (QED) is 0.591. The number of rotatable bonds is 4. The van der Waals surface area contributed by atoms with Crippen LogP contribution in [0.3, 0.4) is 0 Å². The number of nitrogens with zero attached hydrogens (tertiary/aromatic N) is 4. The lowest BCUT2D eigenvalue weighted by Gasteiger charge is -2.11. The van der Waals surface area contributed by atoms with Crippen molar-refractivity contribution < 1.29 is 4.39 Å². The molecule has 0 atom stereocenters. The summed E-state index contributed by atoms with van der Waals surface area (Å²) in [7, 11) is 1.84. The van der Waals surface area contributed by atoms with Crippen LogP contribution in [0.25, 0.3) is 22.2 Å². The van der Waals surface area contributed by atoms with E-state index in [9.17, 15) is 4.39 Å². The Balaban J connectivity index is 1.61. The van der Waals surface area contributed by atoms with Gasteiger partial charge in [-0.3, -0.25) is 9.67 Å². The van der Waals surface area contributed by atoms with Crippen molar-refractivity contribution in [1.82, 2.24) is 19.7 Å². The number of nitrogens with one attached hydrogen (secondary N) is 1. The van der Waals surface area contributed by atoms with Crippen LogP contribution in [0.5, 0.6) is 0 Å². The highest BCUT2D eigenvalue weighted by Crippen LogP contribution is 2.24. The zero-order chi connectivity index (χ0) is 18.1. The van der Waals surface area contributed by atoms with Gasteiger partial charge in [0.1, 0.15) is 11.6 Å². The molecule has 7 heteroatoms. The highest BCUT2D eigenvalue weighted by Gasteiger charge is 2.10. The number of pyridine rings is 2. The molecule has 4 rings (SSSR count). The summed E-state index contributed by atoms with van der Waals surface area (Å²) in [5.41, 5.74) is 9.31. The van der Waals surface area contributed by atoms with E-state index < -0.39 is 0 Å². The van der Waals surface area contributed by atoms with Gasteiger partial charge in [0.15, 0.2) is 0 Å². The molecule has 0 aliphatic rings. The first-order chi connectivity index (χ1) is 12.6. The van der Waals surface area contributed by atoms with Crippen molar-refractivity contribution in [1.29, 1.82) is 0 Å². The molecule has 0 amide bonds. The highest BCUT2D eigenvalue weighted by molar-refractivity contribution is 5.80. The molecule has 1 aromatic carbocycles. The van der Waals surface area contributed by atoms with Crippen LogP contribution < -0.4 is 11.1 Å². The predicted molar refractivity (Wildman–Crippen MR) is 99.9 cm³/mol. The van der Waals surface area contributed by atoms with E-state index in [0.29, 0.717) is 28.0 Å². The average molecular weight is 348 g/mol. The Morgan fingerprint density at radius 1 is 1.19 bits per heavy atom. The van der Waals surface area contributed by atoms with Gasteiger partial charge in [0.05, 0.1) is 23.1 Å². The standard InChI is InChI=1S/C19H17FN6/c1-26-11-13(10-24-26)16-7-5-15(21)19(25-16)23-9-12-4-6-17-14(18(12)20)3-2-8-22-17/h2-8,10-11H,9,21H2,1H3,(H,23,25). The molecule has 0 aliphatic heterocycles. The fourth-order valence-electron chi connectivity index (χ4n) is 2.80. The second-order valence-corrected chi connectivity index (χ2v) is 6.00. The van der Waals surface area contributed by atoms with Crippen molar-refractivity contribution in [3.8, 4) is 11.3 Å². The number of halogens is 1. The number of nitrogens with two attached hydrogens (primary N) is 1. The number of nitrogen functional groups attached to an aromatic ring is 1. The molecule has 0 radical (unpaired) electrons. The van der Waals surface area contributed by atoms with Crippen LogP contribution in [0.4, 0.5) is 15.9 Å². The Bertz CT molecular complexity index is 1090. The monoisotopic (exact) mass is 348 g/mol. The Kier molecular flexibility index (Phi) is 3.96. The minimum Gasteiger partial charge on any atom is -0.396 e. The topological polar surface area (TPSA) is 81.6 Å². The molecule has 0 spiro atoms. The fraction of sp³-hybridized carbons (Fsp3) is 0.105. The van der Waals surface area contributed by atoms with E-state index in [4.69, 9.17) is 5.73 Å². The van der Waals surface area contributed by atoms with E-state index in [-0.39, 0.29) is 12.4 Å². The number of hydrogen-bond donors (Lipinski definition) is 2. The summed E-state index contributed by atoms with van der Waals surface area (Å²) in [4.78, 5) is 8.70. The number of hydrogen-bond acceptors (Lipinski definition) is 5. The largest absolute Gasteiger partial charge is 0.396 e. The SMILES string of the molecule is Cn1cc(-c2ccc(N)c(NCc3ccc4ncccc4c3F)n2)cn1. The molecule has 3 aromatic heterocycles. The second-order valence-electron chi connectivity index (χ2n) is 6.00. The van der Waals surface area contributed by atoms with Crippen molar-refractivity contribution in [3.05, 3.63) is 66.4 Å². The van der Waals surface area contributed by atoms with Crippen molar-refractivity contribution in [3.63, 3.8) is 0 Å². The highest BCUT2D eigenvalue weighted by atomic mass is 19.1. The molecular formula is C19H17FN6. The maximum Gasteiger partial charge on any atom is 0.150 e. The Labute approximate surface area is 149 Å². The lowest BCUT2D eigenvalue weighted by molar-refractivity contribution is 0.624. The Morgan fingerprint density at radius 3 is 2.88 bits per heavy atom. The normalized spacial score (nSPS) is 11.0. The molecule has 0 saturated heterocycles. The van der Waals surface area contributed by atoms with E-state index in [2.05, 4.69) is 20.4 Å². The summed E-state index contributed by atoms with van der Waals surface area (Å²) in [6, 6.07) is 10.6. The first-order valence-corrected chi connectivity index (χ1v) is 8.13. The maximum atomic E-state index is 14.7. The molecule has 0 saturated carbocycles. The summed E-state index contributed by atoms with van der Waals surface area (Å²) < 4.78 is 16.4. The zero-order valence-electron chi connectivity index (χ0n) is 14.1. The van der Waals surface area contributed by atoms with Crippen LogP contribution in [-0.4, -0.2) is 19.7 Å². The molecule has 0 unspecified atom stereocenters. The molecule has 3 N–H and O–H groups in total. The minimum absolute atomic E-state index is 0.268. The number of aryl methyl sites for hydroxylation is 1. The molecule has 4 aromatic rings. The van der Waals surface area contributed by atoms with Crippen molar-refractivity contribution >= 4 is 22.4 Å². The summed E-state index contributed by atoms with van der Waals surface area (Å²) in [5, 5.41) is 7.77. The van der Waals surface area contributed by atoms with Gasteiger partial charge in [-0.15, -0.1) is 0 Å². The maximum absolute atomic E-state index is 14.7. The summed E-state index contributed by atoms with van der Waals surface area (Å²) in [6.07, 6.45) is 5.25. The van der Waals surface area contributed by atoms with Gasteiger partial charge in [0, 0.05) is 42.5 Å². The zero-order valence-corrected chi connectivity index (χ0v) is 14.1. The summed E-state index contributed by atoms with van der Waals surface area (Å²) >= 11 is 0. The van der Waals surface area contributed by atoms with Gasteiger partial charge in [-0.2, -0.15) is 5.10 Å². The number of benzene rings is 1. The third-order valence-electron chi connectivity index (χ3n) is 4.17. The van der Waals surface area contributed by atoms with Crippen LogP contribution >= 0.6 is 0 Å². The third-order valence-corrected chi connectivity index (χ3v) is 4.17. The van der Waals surface area contributed by atoms with E-state index in [1.54, 1.807) is 47.4 Å². The van der Waals surface area contributed by atoms with Crippen molar-refractivity contribution in [2.24, 2.45) is 7.05 Å². The van der Waals surface area contributed by atoms with Crippen LogP contribution in [0, 0.1) is 5.82 Å². The number of fused-ring (bicyclic) bond motifs is 1. The van der Waals surface area contributed by atoms with Crippen LogP contribution in [0.15, 0.2) is 55.0 Å². The van der Waals surface area contributed by atoms with Crippen LogP contribution in [0.2, 0.25) is 0 Å².